The Morgan fingerprint density at radius 2 is 2.08 bits per heavy atom. The predicted octanol–water partition coefficient (Wildman–Crippen LogP) is 4.25. The zero-order chi connectivity index (χ0) is 18.0. The molecule has 0 unspecified atom stereocenters. The van der Waals surface area contributed by atoms with Crippen LogP contribution in [0, 0.1) is 18.3 Å². The number of aromatic nitrogens is 4. The SMILES string of the molecule is Cc1cc(-c2ncn(/C=C(/C#N)c3nccs3)n2)cc(C(F)(F)F)c1. The van der Waals surface area contributed by atoms with Crippen LogP contribution in [0.1, 0.15) is 16.1 Å². The van der Waals surface area contributed by atoms with Gasteiger partial charge in [0.05, 0.1) is 11.8 Å². The van der Waals surface area contributed by atoms with E-state index in [9.17, 15) is 18.4 Å². The van der Waals surface area contributed by atoms with Crippen LogP contribution < -0.4 is 0 Å². The van der Waals surface area contributed by atoms with E-state index in [0.29, 0.717) is 10.6 Å². The fourth-order valence-electron chi connectivity index (χ4n) is 2.17. The summed E-state index contributed by atoms with van der Waals surface area (Å²) >= 11 is 1.30. The predicted molar refractivity (Wildman–Crippen MR) is 87.1 cm³/mol. The summed E-state index contributed by atoms with van der Waals surface area (Å²) < 4.78 is 40.1. The zero-order valence-corrected chi connectivity index (χ0v) is 13.6. The summed E-state index contributed by atoms with van der Waals surface area (Å²) in [6, 6.07) is 5.65. The first-order valence-electron chi connectivity index (χ1n) is 6.99. The Kier molecular flexibility index (Phi) is 4.37. The van der Waals surface area contributed by atoms with Crippen LogP contribution in [0.5, 0.6) is 0 Å². The Balaban J connectivity index is 1.97. The number of hydrogen-bond acceptors (Lipinski definition) is 5. The van der Waals surface area contributed by atoms with Gasteiger partial charge in [-0.25, -0.2) is 14.6 Å². The summed E-state index contributed by atoms with van der Waals surface area (Å²) in [6.07, 6.45) is -0.114. The molecule has 5 nitrogen and oxygen atoms in total. The molecule has 0 saturated heterocycles. The number of benzene rings is 1. The van der Waals surface area contributed by atoms with Crippen molar-refractivity contribution in [2.45, 2.75) is 13.1 Å². The fourth-order valence-corrected chi connectivity index (χ4v) is 2.76. The molecule has 0 atom stereocenters. The third-order valence-corrected chi connectivity index (χ3v) is 4.02. The molecule has 0 bridgehead atoms. The number of rotatable bonds is 3. The number of hydrogen-bond donors (Lipinski definition) is 0. The van der Waals surface area contributed by atoms with Gasteiger partial charge in [0.2, 0.25) is 0 Å². The van der Waals surface area contributed by atoms with E-state index in [0.717, 1.165) is 12.1 Å². The Bertz CT molecular complexity index is 965. The van der Waals surface area contributed by atoms with Gasteiger partial charge in [0.1, 0.15) is 23.0 Å². The highest BCUT2D eigenvalue weighted by atomic mass is 32.1. The normalized spacial score (nSPS) is 12.2. The van der Waals surface area contributed by atoms with Crippen LogP contribution in [0.3, 0.4) is 0 Å². The summed E-state index contributed by atoms with van der Waals surface area (Å²) in [5.41, 5.74) is 0.242. The Labute approximate surface area is 144 Å². The summed E-state index contributed by atoms with van der Waals surface area (Å²) in [5.74, 6) is 0.141. The molecule has 0 aliphatic carbocycles. The van der Waals surface area contributed by atoms with Gasteiger partial charge in [-0.3, -0.25) is 0 Å². The van der Waals surface area contributed by atoms with E-state index in [4.69, 9.17) is 0 Å². The number of thiazole rings is 1. The van der Waals surface area contributed by atoms with Gasteiger partial charge >= 0.3 is 6.18 Å². The lowest BCUT2D eigenvalue weighted by molar-refractivity contribution is -0.137. The Morgan fingerprint density at radius 1 is 1.28 bits per heavy atom. The van der Waals surface area contributed by atoms with Gasteiger partial charge in [0, 0.05) is 17.1 Å². The van der Waals surface area contributed by atoms with E-state index < -0.39 is 11.7 Å². The largest absolute Gasteiger partial charge is 0.416 e. The summed E-state index contributed by atoms with van der Waals surface area (Å²) in [5, 5.41) is 15.6. The first-order valence-corrected chi connectivity index (χ1v) is 7.87. The standard InChI is InChI=1S/C16H10F3N5S/c1-10-4-11(6-13(5-10)16(17,18)19)14-22-9-24(23-14)8-12(7-20)15-21-2-3-25-15/h2-6,8-9H,1H3/b12-8-. The van der Waals surface area contributed by atoms with E-state index in [1.165, 1.54) is 28.5 Å². The summed E-state index contributed by atoms with van der Waals surface area (Å²) in [4.78, 5) is 8.07. The number of halogens is 3. The topological polar surface area (TPSA) is 67.4 Å². The quantitative estimate of drug-likeness (QED) is 0.654. The van der Waals surface area contributed by atoms with E-state index in [-0.39, 0.29) is 17.0 Å². The maximum absolute atomic E-state index is 12.9. The van der Waals surface area contributed by atoms with Crippen molar-refractivity contribution in [2.75, 3.05) is 0 Å². The zero-order valence-electron chi connectivity index (χ0n) is 12.8. The van der Waals surface area contributed by atoms with E-state index in [1.54, 1.807) is 24.6 Å². The highest BCUT2D eigenvalue weighted by Gasteiger charge is 2.31. The molecular formula is C16H10F3N5S. The molecule has 0 aliphatic heterocycles. The second-order valence-electron chi connectivity index (χ2n) is 5.13. The van der Waals surface area contributed by atoms with E-state index >= 15 is 0 Å². The minimum absolute atomic E-state index is 0.141. The van der Waals surface area contributed by atoms with Crippen molar-refractivity contribution in [2.24, 2.45) is 0 Å². The third-order valence-electron chi connectivity index (χ3n) is 3.22. The molecule has 0 saturated carbocycles. The summed E-state index contributed by atoms with van der Waals surface area (Å²) in [6.45, 7) is 1.58. The van der Waals surface area contributed by atoms with Crippen LogP contribution in [0.15, 0.2) is 36.1 Å². The van der Waals surface area contributed by atoms with Gasteiger partial charge in [-0.05, 0) is 30.7 Å². The van der Waals surface area contributed by atoms with Crippen molar-refractivity contribution in [3.8, 4) is 17.5 Å². The lowest BCUT2D eigenvalue weighted by atomic mass is 10.1. The Morgan fingerprint density at radius 3 is 2.72 bits per heavy atom. The minimum Gasteiger partial charge on any atom is -0.244 e. The minimum atomic E-state index is -4.44. The molecule has 0 amide bonds. The smallest absolute Gasteiger partial charge is 0.244 e. The van der Waals surface area contributed by atoms with E-state index in [2.05, 4.69) is 15.1 Å². The van der Waals surface area contributed by atoms with Crippen LogP contribution in [0.25, 0.3) is 23.2 Å². The lowest BCUT2D eigenvalue weighted by Crippen LogP contribution is -2.05. The van der Waals surface area contributed by atoms with Crippen molar-refractivity contribution in [3.63, 3.8) is 0 Å². The number of allylic oxidation sites excluding steroid dienone is 1. The van der Waals surface area contributed by atoms with Crippen LogP contribution in [0.2, 0.25) is 0 Å². The van der Waals surface area contributed by atoms with Gasteiger partial charge in [0.15, 0.2) is 5.82 Å². The lowest BCUT2D eigenvalue weighted by Gasteiger charge is -2.09. The van der Waals surface area contributed by atoms with Gasteiger partial charge in [-0.15, -0.1) is 16.4 Å². The maximum Gasteiger partial charge on any atom is 0.416 e. The third kappa shape index (κ3) is 3.75. The van der Waals surface area contributed by atoms with Crippen LogP contribution in [-0.4, -0.2) is 19.7 Å². The van der Waals surface area contributed by atoms with Crippen molar-refractivity contribution in [3.05, 3.63) is 52.2 Å². The first-order chi connectivity index (χ1) is 11.9. The maximum atomic E-state index is 12.9. The second-order valence-corrected chi connectivity index (χ2v) is 6.02. The molecule has 3 rings (SSSR count). The highest BCUT2D eigenvalue weighted by Crippen LogP contribution is 2.32. The molecular weight excluding hydrogens is 351 g/mol. The van der Waals surface area contributed by atoms with Crippen LogP contribution in [0.4, 0.5) is 13.2 Å². The van der Waals surface area contributed by atoms with Crippen LogP contribution in [-0.2, 0) is 6.18 Å². The van der Waals surface area contributed by atoms with Gasteiger partial charge in [-0.1, -0.05) is 0 Å². The first kappa shape index (κ1) is 16.9. The van der Waals surface area contributed by atoms with E-state index in [1.807, 2.05) is 6.07 Å². The van der Waals surface area contributed by atoms with Crippen molar-refractivity contribution in [1.82, 2.24) is 19.7 Å². The highest BCUT2D eigenvalue weighted by molar-refractivity contribution is 7.10. The molecule has 0 spiro atoms. The molecule has 2 aromatic heterocycles. The molecule has 0 aliphatic rings. The van der Waals surface area contributed by atoms with Gasteiger partial charge in [0.25, 0.3) is 0 Å². The average molecular weight is 361 g/mol. The number of aryl methyl sites for hydroxylation is 1. The Hall–Kier alpha value is -2.99. The molecule has 9 heteroatoms. The number of nitrogens with zero attached hydrogens (tertiary/aromatic N) is 5. The van der Waals surface area contributed by atoms with Crippen molar-refractivity contribution in [1.29, 1.82) is 5.26 Å². The molecule has 2 heterocycles. The van der Waals surface area contributed by atoms with Gasteiger partial charge < -0.3 is 0 Å². The molecule has 25 heavy (non-hydrogen) atoms. The molecule has 0 N–H and O–H groups in total. The second kappa shape index (κ2) is 6.49. The molecule has 0 radical (unpaired) electrons. The number of nitriles is 1. The average Bonchev–Trinajstić information content (AvgIpc) is 3.23. The monoisotopic (exact) mass is 361 g/mol. The van der Waals surface area contributed by atoms with Gasteiger partial charge in [-0.2, -0.15) is 18.4 Å². The van der Waals surface area contributed by atoms with Crippen LogP contribution >= 0.6 is 11.3 Å². The number of alkyl halides is 3. The summed E-state index contributed by atoms with van der Waals surface area (Å²) in [7, 11) is 0. The molecule has 3 aromatic rings. The molecule has 126 valence electrons. The molecule has 1 aromatic carbocycles. The molecule has 0 fully saturated rings. The van der Waals surface area contributed by atoms with Crippen molar-refractivity contribution >= 4 is 23.1 Å². The fraction of sp³-hybridized carbons (Fsp3) is 0.125. The van der Waals surface area contributed by atoms with Crippen molar-refractivity contribution < 1.29 is 13.2 Å².